The van der Waals surface area contributed by atoms with E-state index in [0.29, 0.717) is 6.42 Å². The van der Waals surface area contributed by atoms with Crippen LogP contribution in [0.15, 0.2) is 48.5 Å². The molecule has 1 aliphatic heterocycles. The van der Waals surface area contributed by atoms with Gasteiger partial charge in [0.05, 0.1) is 17.6 Å². The van der Waals surface area contributed by atoms with E-state index in [1.807, 2.05) is 44.2 Å². The number of hydrogen-bond donors (Lipinski definition) is 0. The van der Waals surface area contributed by atoms with Gasteiger partial charge in [0.2, 0.25) is 12.4 Å². The lowest BCUT2D eigenvalue weighted by atomic mass is 9.97. The number of rotatable bonds is 15. The number of methoxy groups -OCH3 is 1. The van der Waals surface area contributed by atoms with E-state index in [9.17, 15) is 34.1 Å². The Morgan fingerprint density at radius 1 is 0.882 bits per heavy atom. The van der Waals surface area contributed by atoms with Crippen LogP contribution in [0.2, 0.25) is 0 Å². The molecule has 5 atom stereocenters. The third kappa shape index (κ3) is 11.6. The quantitative estimate of drug-likeness (QED) is 0.0848. The number of carbonyl (C=O) groups is 5. The van der Waals surface area contributed by atoms with Crippen molar-refractivity contribution in [2.24, 2.45) is 0 Å². The summed E-state index contributed by atoms with van der Waals surface area (Å²) in [6.45, 7) is 8.44. The maximum Gasteiger partial charge on any atom is 0.411 e. The average molecular weight is 719 g/mol. The molecule has 51 heavy (non-hydrogen) atoms. The van der Waals surface area contributed by atoms with E-state index in [0.717, 1.165) is 39.5 Å². The molecule has 17 heteroatoms. The fourth-order valence-electron chi connectivity index (χ4n) is 5.10. The second-order valence-corrected chi connectivity index (χ2v) is 12.0. The van der Waals surface area contributed by atoms with Gasteiger partial charge in [-0.3, -0.25) is 29.4 Å². The van der Waals surface area contributed by atoms with Crippen molar-refractivity contribution in [3.63, 3.8) is 0 Å². The van der Waals surface area contributed by atoms with Crippen LogP contribution in [0.5, 0.6) is 5.75 Å². The number of hydrogen-bond acceptors (Lipinski definition) is 15. The van der Waals surface area contributed by atoms with Gasteiger partial charge in [0.15, 0.2) is 24.1 Å². The molecule has 1 saturated heterocycles. The number of ether oxygens (including phenoxy) is 8. The van der Waals surface area contributed by atoms with Crippen molar-refractivity contribution in [1.29, 1.82) is 0 Å². The third-order valence-electron chi connectivity index (χ3n) is 7.38. The lowest BCUT2D eigenvalue weighted by Crippen LogP contribution is -2.64. The first-order chi connectivity index (χ1) is 24.0. The first-order valence-corrected chi connectivity index (χ1v) is 15.8. The molecule has 2 aromatic rings. The summed E-state index contributed by atoms with van der Waals surface area (Å²) in [6, 6.07) is 13.4. The number of nitro benzene ring substituents is 1. The molecule has 0 N–H and O–H groups in total. The van der Waals surface area contributed by atoms with Gasteiger partial charge in [-0.25, -0.2) is 9.59 Å². The van der Waals surface area contributed by atoms with Crippen LogP contribution >= 0.6 is 0 Å². The van der Waals surface area contributed by atoms with Crippen molar-refractivity contribution in [2.75, 3.05) is 20.4 Å². The van der Waals surface area contributed by atoms with Gasteiger partial charge in [0, 0.05) is 39.8 Å². The molecule has 1 fully saturated rings. The molecule has 0 saturated carbocycles. The minimum Gasteiger partial charge on any atom is -0.467 e. The molecule has 17 nitrogen and oxygen atoms in total. The van der Waals surface area contributed by atoms with E-state index < -0.39 is 82.6 Å². The minimum absolute atomic E-state index is 0.0633. The SMILES string of the molecule is CCN(COC(C)(C)Cc1ccccc1)C(=O)OCc1ccc(O[C@@H]2O[C@H](C(=O)OC)[C@@H](OC(C)=O)[C@H](OC(C)=O)[C@H]2OC(C)=O)c([N+](=O)[O-])c1. The largest absolute Gasteiger partial charge is 0.467 e. The summed E-state index contributed by atoms with van der Waals surface area (Å²) in [6.07, 6.45) is -8.70. The van der Waals surface area contributed by atoms with Gasteiger partial charge < -0.3 is 37.9 Å². The Morgan fingerprint density at radius 2 is 1.49 bits per heavy atom. The van der Waals surface area contributed by atoms with Crippen molar-refractivity contribution in [1.82, 2.24) is 4.90 Å². The molecule has 1 heterocycles. The van der Waals surface area contributed by atoms with Crippen LogP contribution in [0.3, 0.4) is 0 Å². The second kappa shape index (κ2) is 18.1. The van der Waals surface area contributed by atoms with E-state index >= 15 is 0 Å². The lowest BCUT2D eigenvalue weighted by molar-refractivity contribution is -0.387. The number of carbonyl (C=O) groups excluding carboxylic acids is 5. The van der Waals surface area contributed by atoms with E-state index in [-0.39, 0.29) is 25.4 Å². The van der Waals surface area contributed by atoms with Crippen LogP contribution in [0.25, 0.3) is 0 Å². The predicted octanol–water partition coefficient (Wildman–Crippen LogP) is 3.62. The van der Waals surface area contributed by atoms with Gasteiger partial charge in [-0.15, -0.1) is 0 Å². The summed E-state index contributed by atoms with van der Waals surface area (Å²) in [5.74, 6) is -4.22. The zero-order valence-corrected chi connectivity index (χ0v) is 29.4. The standard InChI is InChI=1S/C34H42N2O15/c1-8-35(19-46-34(5,6)17-23-12-10-9-11-13-23)33(41)45-18-24-14-15-26(25(16-24)36(42)43)50-32-30(49-22(4)39)28(48-21(3)38)27(47-20(2)37)29(51-32)31(40)44-7/h9-16,27-30,32H,8,17-19H2,1-7H3/t27-,28-,29-,30+,32+/m0/s1. The Balaban J connectivity index is 1.80. The van der Waals surface area contributed by atoms with Gasteiger partial charge in [0.1, 0.15) is 13.3 Å². The van der Waals surface area contributed by atoms with Crippen molar-refractivity contribution in [3.8, 4) is 5.75 Å². The van der Waals surface area contributed by atoms with Crippen LogP contribution in [-0.2, 0) is 65.4 Å². The summed E-state index contributed by atoms with van der Waals surface area (Å²) in [4.78, 5) is 74.3. The normalized spacial score (nSPS) is 19.9. The molecule has 0 aromatic heterocycles. The smallest absolute Gasteiger partial charge is 0.411 e. The highest BCUT2D eigenvalue weighted by Gasteiger charge is 2.56. The van der Waals surface area contributed by atoms with Crippen LogP contribution in [0.4, 0.5) is 10.5 Å². The van der Waals surface area contributed by atoms with E-state index in [2.05, 4.69) is 0 Å². The highest BCUT2D eigenvalue weighted by atomic mass is 16.7. The highest BCUT2D eigenvalue weighted by molar-refractivity contribution is 5.77. The summed E-state index contributed by atoms with van der Waals surface area (Å²) in [5, 5.41) is 12.1. The molecule has 1 amide bonds. The zero-order valence-electron chi connectivity index (χ0n) is 29.4. The number of nitrogens with zero attached hydrogens (tertiary/aromatic N) is 2. The topological polar surface area (TPSA) is 206 Å². The molecule has 0 spiro atoms. The fraction of sp³-hybridized carbons (Fsp3) is 0.500. The maximum atomic E-state index is 12.9. The van der Waals surface area contributed by atoms with Crippen molar-refractivity contribution in [2.45, 2.75) is 90.9 Å². The lowest BCUT2D eigenvalue weighted by Gasteiger charge is -2.42. The molecular formula is C34H42N2O15. The number of esters is 4. The van der Waals surface area contributed by atoms with Gasteiger partial charge >= 0.3 is 35.7 Å². The van der Waals surface area contributed by atoms with E-state index in [4.69, 9.17) is 37.9 Å². The fourth-order valence-corrected chi connectivity index (χ4v) is 5.10. The van der Waals surface area contributed by atoms with E-state index in [1.165, 1.54) is 17.0 Å². The van der Waals surface area contributed by atoms with Crippen molar-refractivity contribution in [3.05, 3.63) is 69.8 Å². The molecule has 278 valence electrons. The molecule has 0 unspecified atom stereocenters. The number of nitro groups is 1. The van der Waals surface area contributed by atoms with Gasteiger partial charge in [-0.2, -0.15) is 0 Å². The van der Waals surface area contributed by atoms with Gasteiger partial charge in [-0.1, -0.05) is 36.4 Å². The Hall–Kier alpha value is -5.29. The van der Waals surface area contributed by atoms with Crippen LogP contribution in [0, 0.1) is 10.1 Å². The molecule has 1 aliphatic rings. The number of benzene rings is 2. The Kier molecular flexibility index (Phi) is 14.2. The molecular weight excluding hydrogens is 676 g/mol. The van der Waals surface area contributed by atoms with Crippen LogP contribution < -0.4 is 4.74 Å². The summed E-state index contributed by atoms with van der Waals surface area (Å²) in [5.41, 5.74) is 0.0639. The Morgan fingerprint density at radius 3 is 2.06 bits per heavy atom. The first-order valence-electron chi connectivity index (χ1n) is 15.8. The summed E-state index contributed by atoms with van der Waals surface area (Å²) >= 11 is 0. The third-order valence-corrected chi connectivity index (χ3v) is 7.38. The highest BCUT2D eigenvalue weighted by Crippen LogP contribution is 2.35. The van der Waals surface area contributed by atoms with Gasteiger partial charge in [0.25, 0.3) is 0 Å². The van der Waals surface area contributed by atoms with Crippen molar-refractivity contribution >= 4 is 35.7 Å². The predicted molar refractivity (Wildman–Crippen MR) is 174 cm³/mol. The summed E-state index contributed by atoms with van der Waals surface area (Å²) < 4.78 is 43.5. The molecule has 3 rings (SSSR count). The molecule has 0 bridgehead atoms. The molecule has 0 radical (unpaired) electrons. The summed E-state index contributed by atoms with van der Waals surface area (Å²) in [7, 11) is 1.02. The average Bonchev–Trinajstić information content (AvgIpc) is 3.06. The van der Waals surface area contributed by atoms with Crippen LogP contribution in [-0.4, -0.2) is 96.5 Å². The monoisotopic (exact) mass is 718 g/mol. The maximum absolute atomic E-state index is 12.9. The molecule has 2 aromatic carbocycles. The Labute approximate surface area is 294 Å². The zero-order chi connectivity index (χ0) is 37.9. The second-order valence-electron chi connectivity index (χ2n) is 12.0. The Bertz CT molecular complexity index is 1560. The van der Waals surface area contributed by atoms with Gasteiger partial charge in [-0.05, 0) is 38.0 Å². The van der Waals surface area contributed by atoms with Crippen molar-refractivity contribution < 1.29 is 66.8 Å². The number of amides is 1. The first kappa shape index (κ1) is 40.1. The molecule has 0 aliphatic carbocycles. The minimum atomic E-state index is -1.82. The van der Waals surface area contributed by atoms with Crippen LogP contribution in [0.1, 0.15) is 52.7 Å². The van der Waals surface area contributed by atoms with E-state index in [1.54, 1.807) is 6.92 Å².